The molecule has 0 atom stereocenters. The molecule has 0 amide bonds. The van der Waals surface area contributed by atoms with Gasteiger partial charge >= 0.3 is 6.18 Å². The highest BCUT2D eigenvalue weighted by molar-refractivity contribution is 7.89. The highest BCUT2D eigenvalue weighted by Gasteiger charge is 2.32. The third-order valence-corrected chi connectivity index (χ3v) is 6.27. The van der Waals surface area contributed by atoms with Crippen molar-refractivity contribution < 1.29 is 26.0 Å². The molecule has 2 aromatic carbocycles. The fraction of sp³-hybridized carbons (Fsp3) is 0.235. The zero-order valence-corrected chi connectivity index (χ0v) is 15.6. The minimum atomic E-state index is -4.61. The molecule has 5 nitrogen and oxygen atoms in total. The molecule has 1 aromatic heterocycles. The van der Waals surface area contributed by atoms with E-state index in [0.29, 0.717) is 29.1 Å². The summed E-state index contributed by atoms with van der Waals surface area (Å²) in [6, 6.07) is 9.25. The average molecular weight is 419 g/mol. The highest BCUT2D eigenvalue weighted by Crippen LogP contribution is 2.34. The maximum absolute atomic E-state index is 12.7. The van der Waals surface area contributed by atoms with Gasteiger partial charge in [-0.25, -0.2) is 17.7 Å². The minimum absolute atomic E-state index is 0.0203. The van der Waals surface area contributed by atoms with E-state index in [2.05, 4.69) is 4.98 Å². The molecule has 0 spiro atoms. The second kappa shape index (κ2) is 7.14. The number of halogens is 4. The summed E-state index contributed by atoms with van der Waals surface area (Å²) in [5.74, 6) is 0.358. The minimum Gasteiger partial charge on any atom is -0.441 e. The number of aromatic nitrogens is 1. The lowest BCUT2D eigenvalue weighted by Crippen LogP contribution is -2.29. The van der Waals surface area contributed by atoms with Crippen LogP contribution in [0.25, 0.3) is 11.1 Å². The Bertz CT molecular complexity index is 1050. The molecular weight excluding hydrogens is 405 g/mol. The van der Waals surface area contributed by atoms with Crippen LogP contribution in [-0.2, 0) is 22.6 Å². The zero-order valence-electron chi connectivity index (χ0n) is 14.0. The van der Waals surface area contributed by atoms with E-state index in [1.54, 1.807) is 24.3 Å². The Morgan fingerprint density at radius 3 is 2.52 bits per heavy atom. The summed E-state index contributed by atoms with van der Waals surface area (Å²) >= 11 is 5.80. The van der Waals surface area contributed by atoms with Crippen LogP contribution in [0.4, 0.5) is 13.2 Å². The molecule has 0 aliphatic heterocycles. The Balaban J connectivity index is 1.78. The van der Waals surface area contributed by atoms with Gasteiger partial charge in [-0.15, -0.1) is 0 Å². The van der Waals surface area contributed by atoms with Crippen molar-refractivity contribution in [2.75, 3.05) is 13.6 Å². The molecule has 144 valence electrons. The number of alkyl halides is 3. The number of rotatable bonds is 5. The molecule has 0 radical (unpaired) electrons. The van der Waals surface area contributed by atoms with E-state index < -0.39 is 31.7 Å². The molecule has 0 saturated carbocycles. The van der Waals surface area contributed by atoms with Gasteiger partial charge in [0.1, 0.15) is 10.4 Å². The SMILES string of the molecule is CN(CCc1nc2ccccc2o1)S(=O)(=O)c1ccc(C(F)(F)F)cc1Cl. The van der Waals surface area contributed by atoms with E-state index in [0.717, 1.165) is 10.4 Å². The van der Waals surface area contributed by atoms with Crippen LogP contribution in [0.1, 0.15) is 11.5 Å². The quantitative estimate of drug-likeness (QED) is 0.617. The normalized spacial score (nSPS) is 12.8. The second-order valence-electron chi connectivity index (χ2n) is 5.79. The largest absolute Gasteiger partial charge is 0.441 e. The van der Waals surface area contributed by atoms with Crippen LogP contribution in [0.2, 0.25) is 5.02 Å². The zero-order chi connectivity index (χ0) is 19.8. The van der Waals surface area contributed by atoms with Crippen LogP contribution in [0.5, 0.6) is 0 Å². The Hall–Kier alpha value is -2.10. The molecule has 0 N–H and O–H groups in total. The lowest BCUT2D eigenvalue weighted by atomic mass is 10.2. The van der Waals surface area contributed by atoms with Crippen molar-refractivity contribution in [2.45, 2.75) is 17.5 Å². The Labute approximate surface area is 158 Å². The van der Waals surface area contributed by atoms with Gasteiger partial charge in [-0.1, -0.05) is 23.7 Å². The van der Waals surface area contributed by atoms with E-state index in [1.165, 1.54) is 7.05 Å². The van der Waals surface area contributed by atoms with E-state index in [4.69, 9.17) is 16.0 Å². The maximum atomic E-state index is 12.7. The van der Waals surface area contributed by atoms with Crippen molar-refractivity contribution >= 4 is 32.7 Å². The van der Waals surface area contributed by atoms with Crippen molar-refractivity contribution in [3.63, 3.8) is 0 Å². The third kappa shape index (κ3) is 4.10. The van der Waals surface area contributed by atoms with Gasteiger partial charge in [0, 0.05) is 20.0 Å². The molecule has 0 unspecified atom stereocenters. The first kappa shape index (κ1) is 19.7. The molecule has 0 aliphatic carbocycles. The first-order valence-corrected chi connectivity index (χ1v) is 9.58. The molecular formula is C17H14ClF3N2O3S. The van der Waals surface area contributed by atoms with Gasteiger partial charge in [-0.05, 0) is 30.3 Å². The van der Waals surface area contributed by atoms with Crippen molar-refractivity contribution in [1.82, 2.24) is 9.29 Å². The van der Waals surface area contributed by atoms with Crippen molar-refractivity contribution in [3.8, 4) is 0 Å². The fourth-order valence-corrected chi connectivity index (χ4v) is 4.14. The number of nitrogens with zero attached hydrogens (tertiary/aromatic N) is 2. The van der Waals surface area contributed by atoms with E-state index >= 15 is 0 Å². The summed E-state index contributed by atoms with van der Waals surface area (Å²) in [4.78, 5) is 3.86. The smallest absolute Gasteiger partial charge is 0.416 e. The van der Waals surface area contributed by atoms with Gasteiger partial charge in [0.2, 0.25) is 10.0 Å². The van der Waals surface area contributed by atoms with E-state index in [1.807, 2.05) is 0 Å². The number of oxazole rings is 1. The molecule has 0 aliphatic rings. The number of fused-ring (bicyclic) bond motifs is 1. The number of likely N-dealkylation sites (N-methyl/N-ethyl adjacent to an activating group) is 1. The van der Waals surface area contributed by atoms with Crippen molar-refractivity contribution in [3.05, 3.63) is 58.9 Å². The number of benzene rings is 2. The van der Waals surface area contributed by atoms with Gasteiger partial charge in [0.15, 0.2) is 11.5 Å². The average Bonchev–Trinajstić information content (AvgIpc) is 3.01. The van der Waals surface area contributed by atoms with Crippen LogP contribution >= 0.6 is 11.6 Å². The highest BCUT2D eigenvalue weighted by atomic mass is 35.5. The predicted molar refractivity (Wildman–Crippen MR) is 94.0 cm³/mol. The fourth-order valence-electron chi connectivity index (χ4n) is 2.45. The summed E-state index contributed by atoms with van der Waals surface area (Å²) in [5, 5.41) is -0.487. The molecule has 3 aromatic rings. The first-order chi connectivity index (χ1) is 12.6. The maximum Gasteiger partial charge on any atom is 0.416 e. The van der Waals surface area contributed by atoms with Crippen molar-refractivity contribution in [2.24, 2.45) is 0 Å². The topological polar surface area (TPSA) is 63.4 Å². The number of hydrogen-bond donors (Lipinski definition) is 0. The van der Waals surface area contributed by atoms with Gasteiger partial charge < -0.3 is 4.42 Å². The van der Waals surface area contributed by atoms with Crippen LogP contribution in [0.3, 0.4) is 0 Å². The van der Waals surface area contributed by atoms with Crippen LogP contribution in [-0.4, -0.2) is 31.3 Å². The van der Waals surface area contributed by atoms with Crippen molar-refractivity contribution in [1.29, 1.82) is 0 Å². The molecule has 27 heavy (non-hydrogen) atoms. The second-order valence-corrected chi connectivity index (χ2v) is 8.22. The lowest BCUT2D eigenvalue weighted by molar-refractivity contribution is -0.137. The molecule has 0 fully saturated rings. The molecule has 0 saturated heterocycles. The Morgan fingerprint density at radius 2 is 1.89 bits per heavy atom. The number of para-hydroxylation sites is 2. The Kier molecular flexibility index (Phi) is 5.20. The number of hydrogen-bond acceptors (Lipinski definition) is 4. The summed E-state index contributed by atoms with van der Waals surface area (Å²) < 4.78 is 69.9. The van der Waals surface area contributed by atoms with Crippen LogP contribution in [0, 0.1) is 0 Å². The summed E-state index contributed by atoms with van der Waals surface area (Å²) in [6.45, 7) is 0.0203. The van der Waals surface area contributed by atoms with E-state index in [-0.39, 0.29) is 13.0 Å². The monoisotopic (exact) mass is 418 g/mol. The lowest BCUT2D eigenvalue weighted by Gasteiger charge is -2.18. The van der Waals surface area contributed by atoms with Gasteiger partial charge in [-0.3, -0.25) is 0 Å². The van der Waals surface area contributed by atoms with E-state index in [9.17, 15) is 21.6 Å². The Morgan fingerprint density at radius 1 is 1.19 bits per heavy atom. The summed E-state index contributed by atoms with van der Waals surface area (Å²) in [6.07, 6.45) is -4.41. The summed E-state index contributed by atoms with van der Waals surface area (Å²) in [5.41, 5.74) is 0.230. The van der Waals surface area contributed by atoms with Gasteiger partial charge in [0.25, 0.3) is 0 Å². The van der Waals surface area contributed by atoms with Crippen LogP contribution < -0.4 is 0 Å². The first-order valence-electron chi connectivity index (χ1n) is 7.76. The number of sulfonamides is 1. The summed E-state index contributed by atoms with van der Waals surface area (Å²) in [7, 11) is -2.76. The predicted octanol–water partition coefficient (Wildman–Crippen LogP) is 4.36. The molecule has 0 bridgehead atoms. The standard InChI is InChI=1S/C17H14ClF3N2O3S/c1-23(9-8-16-22-13-4-2-3-5-14(13)26-16)27(24,25)15-7-6-11(10-12(15)18)17(19,20)21/h2-7,10H,8-9H2,1H3. The van der Waals surface area contributed by atoms with Crippen LogP contribution in [0.15, 0.2) is 51.8 Å². The molecule has 10 heteroatoms. The third-order valence-electron chi connectivity index (χ3n) is 3.93. The molecule has 3 rings (SSSR count). The van der Waals surface area contributed by atoms with Gasteiger partial charge in [0.05, 0.1) is 10.6 Å². The van der Waals surface area contributed by atoms with Gasteiger partial charge in [-0.2, -0.15) is 13.2 Å². The molecule has 1 heterocycles.